The van der Waals surface area contributed by atoms with Gasteiger partial charge >= 0.3 is 0 Å². The molecule has 3 aromatic carbocycles. The summed E-state index contributed by atoms with van der Waals surface area (Å²) < 4.78 is 17.2. The number of benzene rings is 3. The summed E-state index contributed by atoms with van der Waals surface area (Å²) in [5.41, 5.74) is 5.35. The lowest BCUT2D eigenvalue weighted by Crippen LogP contribution is -2.37. The molecule has 9 unspecified atom stereocenters. The Labute approximate surface area is 532 Å². The fraction of sp³-hybridized carbons (Fsp3) is 0.359. The van der Waals surface area contributed by atoms with Crippen LogP contribution in [0.2, 0.25) is 0 Å². The van der Waals surface area contributed by atoms with Crippen molar-refractivity contribution in [3.05, 3.63) is 200 Å². The Bertz CT molecular complexity index is 3800. The van der Waals surface area contributed by atoms with Crippen molar-refractivity contribution in [2.24, 2.45) is 17.8 Å². The van der Waals surface area contributed by atoms with Gasteiger partial charge in [-0.05, 0) is 179 Å². The molecule has 448 valence electrons. The highest BCUT2D eigenvalue weighted by Crippen LogP contribution is 2.47. The molecule has 6 aliphatic heterocycles. The van der Waals surface area contributed by atoms with Gasteiger partial charge < -0.3 is 14.7 Å². The predicted octanol–water partition coefficient (Wildman–Crippen LogP) is 10.8. The maximum Gasteiger partial charge on any atom is 0.256 e. The number of halogens is 4. The van der Waals surface area contributed by atoms with Crippen LogP contribution in [0.3, 0.4) is 0 Å². The molecule has 6 saturated heterocycles. The van der Waals surface area contributed by atoms with Crippen LogP contribution < -0.4 is 0 Å². The van der Waals surface area contributed by atoms with Crippen LogP contribution in [0.25, 0.3) is 22.8 Å². The topological polar surface area (TPSA) is 225 Å². The smallest absolute Gasteiger partial charge is 0.256 e. The van der Waals surface area contributed by atoms with Crippen LogP contribution in [0.5, 0.6) is 0 Å². The number of carbonyl (C=O) groups is 3. The number of aryl methyl sites for hydroxylation is 2. The first-order chi connectivity index (χ1) is 42.8. The molecule has 24 heteroatoms. The van der Waals surface area contributed by atoms with Gasteiger partial charge in [0.25, 0.3) is 17.7 Å². The fourth-order valence-corrected chi connectivity index (χ4v) is 15.2. The molecule has 6 fully saturated rings. The van der Waals surface area contributed by atoms with Crippen molar-refractivity contribution in [2.45, 2.75) is 127 Å². The number of amides is 3. The molecule has 12 heterocycles. The zero-order valence-corrected chi connectivity index (χ0v) is 53.0. The van der Waals surface area contributed by atoms with Crippen molar-refractivity contribution >= 4 is 65.5 Å². The van der Waals surface area contributed by atoms with E-state index < -0.39 is 5.82 Å². The van der Waals surface area contributed by atoms with E-state index in [-0.39, 0.29) is 59.7 Å². The van der Waals surface area contributed by atoms with E-state index in [1.807, 2.05) is 55.1 Å². The van der Waals surface area contributed by atoms with Crippen molar-refractivity contribution in [3.8, 4) is 22.8 Å². The Balaban J connectivity index is 0.000000122. The molecule has 6 aromatic heterocycles. The third kappa shape index (κ3) is 11.9. The van der Waals surface area contributed by atoms with Crippen LogP contribution in [-0.4, -0.2) is 139 Å². The minimum absolute atomic E-state index is 0.0766. The summed E-state index contributed by atoms with van der Waals surface area (Å²) in [5, 5.41) is 16.6. The van der Waals surface area contributed by atoms with Crippen LogP contribution in [0.15, 0.2) is 148 Å². The van der Waals surface area contributed by atoms with Crippen LogP contribution in [0.4, 0.5) is 4.39 Å². The van der Waals surface area contributed by atoms with E-state index >= 15 is 0 Å². The first-order valence-electron chi connectivity index (χ1n) is 29.7. The molecule has 3 amide bonds. The lowest BCUT2D eigenvalue weighted by Gasteiger charge is -2.25. The standard InChI is InChI=1S/C23H22BrN5O.C21H21BrN6O.C20H18BrFN6O/c1-14-4-2-5-18(21(14)22-25-8-3-9-26-22)23(30)29-17-6-7-19(29)15(10-17)11-20-27-12-16(24)13-28-20;1-13-3-2-4-17(20(13)28-25-7-8-26-28)21(29)27-16-5-6-18(27)14(9-16)10-19-23-11-15(22)12-24-19;21-13-10-23-18(24-11-13)9-12-8-14-4-5-17(12)27(14)20(29)15-2-1-3-16(22)19(15)28-25-6-7-26-28/h2-5,8-9,12-13,15,17,19H,6-7,10-11H2,1H3;2-4,7-8,11-12,14,16,18H,5-6,9-10H2,1H3;1-3,6-7,10-12,14,17H,4-5,8-9H2. The molecule has 0 radical (unpaired) electrons. The molecule has 88 heavy (non-hydrogen) atoms. The number of nitrogens with zero attached hydrogens (tertiary/aromatic N) is 17. The molecule has 6 bridgehead atoms. The quantitative estimate of drug-likeness (QED) is 0.111. The summed E-state index contributed by atoms with van der Waals surface area (Å²) >= 11 is 10.1. The number of fused-ring (bicyclic) bond motifs is 6. The Kier molecular flexibility index (Phi) is 17.2. The third-order valence-corrected chi connectivity index (χ3v) is 19.5. The van der Waals surface area contributed by atoms with Gasteiger partial charge in [-0.25, -0.2) is 44.3 Å². The summed E-state index contributed by atoms with van der Waals surface area (Å²) in [6.07, 6.45) is 31.7. The number of rotatable bonds is 12. The van der Waals surface area contributed by atoms with Crippen LogP contribution in [-0.2, 0) is 19.3 Å². The van der Waals surface area contributed by atoms with Gasteiger partial charge in [0, 0.05) is 111 Å². The van der Waals surface area contributed by atoms with Gasteiger partial charge in [-0.2, -0.15) is 25.2 Å². The van der Waals surface area contributed by atoms with Crippen molar-refractivity contribution in [3.63, 3.8) is 0 Å². The fourth-order valence-electron chi connectivity index (χ4n) is 14.6. The highest BCUT2D eigenvalue weighted by Gasteiger charge is 2.52. The number of hydrogen-bond acceptors (Lipinski definition) is 15. The molecule has 6 aliphatic rings. The van der Waals surface area contributed by atoms with E-state index in [9.17, 15) is 18.8 Å². The summed E-state index contributed by atoms with van der Waals surface area (Å²) in [6, 6.07) is 19.3. The molecule has 20 nitrogen and oxygen atoms in total. The number of carbonyl (C=O) groups excluding carboxylic acids is 3. The van der Waals surface area contributed by atoms with E-state index in [4.69, 9.17) is 0 Å². The number of aromatic nitrogens is 14. The Morgan fingerprint density at radius 3 is 1.24 bits per heavy atom. The van der Waals surface area contributed by atoms with Crippen molar-refractivity contribution in [2.75, 3.05) is 0 Å². The van der Waals surface area contributed by atoms with Gasteiger partial charge in [0.2, 0.25) is 0 Å². The molecule has 0 aliphatic carbocycles. The zero-order valence-electron chi connectivity index (χ0n) is 48.2. The SMILES string of the molecule is Cc1cccc(C(=O)N2C3CCC2C(Cc2ncc(Br)cn2)C3)c1-c1ncccn1.Cc1cccc(C(=O)N2C3CCC2C(Cc2ncc(Br)cn2)C3)c1-n1nccn1.O=C(c1cccc(F)c1-n1nccn1)N1C2CCC1C(Cc1ncc(Br)cn1)C2. The monoisotopic (exact) mass is 1370 g/mol. The van der Waals surface area contributed by atoms with Crippen molar-refractivity contribution < 1.29 is 18.8 Å². The molecule has 9 atom stereocenters. The summed E-state index contributed by atoms with van der Waals surface area (Å²) in [5.74, 6) is 3.66. The maximum absolute atomic E-state index is 14.6. The van der Waals surface area contributed by atoms with Gasteiger partial charge in [0.1, 0.15) is 28.8 Å². The highest BCUT2D eigenvalue weighted by molar-refractivity contribution is 9.11. The molecule has 9 aromatic rings. The van der Waals surface area contributed by atoms with Crippen LogP contribution in [0, 0.1) is 37.4 Å². The second-order valence-electron chi connectivity index (χ2n) is 23.4. The maximum atomic E-state index is 14.6. The molecule has 0 N–H and O–H groups in total. The predicted molar refractivity (Wildman–Crippen MR) is 333 cm³/mol. The van der Waals surface area contributed by atoms with E-state index in [1.54, 1.807) is 85.0 Å². The van der Waals surface area contributed by atoms with E-state index in [2.05, 4.69) is 118 Å². The van der Waals surface area contributed by atoms with E-state index in [0.717, 1.165) is 130 Å². The van der Waals surface area contributed by atoms with E-state index in [1.165, 1.54) is 23.3 Å². The number of hydrogen-bond donors (Lipinski definition) is 0. The first-order valence-corrected chi connectivity index (χ1v) is 32.1. The molecule has 0 saturated carbocycles. The zero-order chi connectivity index (χ0) is 60.6. The van der Waals surface area contributed by atoms with Gasteiger partial charge in [-0.3, -0.25) is 14.4 Å². The van der Waals surface area contributed by atoms with Crippen molar-refractivity contribution in [1.29, 1.82) is 0 Å². The van der Waals surface area contributed by atoms with Crippen LogP contribution in [0.1, 0.15) is 117 Å². The van der Waals surface area contributed by atoms with Crippen LogP contribution >= 0.6 is 47.8 Å². The molecule has 0 spiro atoms. The second-order valence-corrected chi connectivity index (χ2v) is 26.1. The molecule has 15 rings (SSSR count). The normalized spacial score (nSPS) is 22.8. The van der Waals surface area contributed by atoms with Crippen molar-refractivity contribution in [1.82, 2.24) is 84.6 Å². The Morgan fingerprint density at radius 2 is 0.807 bits per heavy atom. The van der Waals surface area contributed by atoms with Gasteiger partial charge in [-0.15, -0.1) is 4.80 Å². The van der Waals surface area contributed by atoms with Gasteiger partial charge in [0.15, 0.2) is 11.6 Å². The second kappa shape index (κ2) is 25.6. The number of para-hydroxylation sites is 2. The summed E-state index contributed by atoms with van der Waals surface area (Å²) in [6.45, 7) is 4.00. The first kappa shape index (κ1) is 59.0. The lowest BCUT2D eigenvalue weighted by atomic mass is 9.86. The van der Waals surface area contributed by atoms with E-state index in [0.29, 0.717) is 40.3 Å². The van der Waals surface area contributed by atoms with Gasteiger partial charge in [-0.1, -0.05) is 30.3 Å². The summed E-state index contributed by atoms with van der Waals surface area (Å²) in [4.78, 5) is 85.0. The lowest BCUT2D eigenvalue weighted by molar-refractivity contribution is 0.0710. The highest BCUT2D eigenvalue weighted by atomic mass is 79.9. The Hall–Kier alpha value is -7.96. The average molecular weight is 1380 g/mol. The Morgan fingerprint density at radius 1 is 0.443 bits per heavy atom. The minimum Gasteiger partial charge on any atom is -0.332 e. The molecular weight excluding hydrogens is 1310 g/mol. The summed E-state index contributed by atoms with van der Waals surface area (Å²) in [7, 11) is 0. The largest absolute Gasteiger partial charge is 0.332 e. The van der Waals surface area contributed by atoms with Gasteiger partial charge in [0.05, 0.1) is 54.9 Å². The third-order valence-electron chi connectivity index (χ3n) is 18.3. The average Bonchev–Trinajstić information content (AvgIpc) is 1.95. The minimum atomic E-state index is -0.515. The molecular formula is C64H61Br3FN17O3.